The largest absolute Gasteiger partial charge is 0.507 e. The number of carbonyl (C=O) groups is 2. The molecule has 2 aliphatic heterocycles. The second-order valence-corrected chi connectivity index (χ2v) is 10.2. The minimum atomic E-state index is -0.736. The lowest BCUT2D eigenvalue weighted by molar-refractivity contribution is -0.118. The second-order valence-electron chi connectivity index (χ2n) is 10.2. The number of phenols is 1. The molecule has 0 saturated carbocycles. The highest BCUT2D eigenvalue weighted by Crippen LogP contribution is 2.27. The van der Waals surface area contributed by atoms with E-state index in [0.29, 0.717) is 61.9 Å². The Morgan fingerprint density at radius 2 is 1.95 bits per heavy atom. The Bertz CT molecular complexity index is 1880. The predicted molar refractivity (Wildman–Crippen MR) is 152 cm³/mol. The number of anilines is 1. The topological polar surface area (TPSA) is 207 Å². The number of rotatable bonds is 7. The normalized spacial score (nSPS) is 15.6. The van der Waals surface area contributed by atoms with Crippen LogP contribution in [-0.4, -0.2) is 90.5 Å². The van der Waals surface area contributed by atoms with Crippen LogP contribution in [0.15, 0.2) is 38.4 Å². The number of piperazine rings is 1. The summed E-state index contributed by atoms with van der Waals surface area (Å²) < 4.78 is 12.7. The van der Waals surface area contributed by atoms with Gasteiger partial charge in [-0.05, 0) is 30.5 Å². The molecule has 5 heterocycles. The van der Waals surface area contributed by atoms with Gasteiger partial charge in [-0.3, -0.25) is 23.9 Å². The van der Waals surface area contributed by atoms with Gasteiger partial charge in [0.1, 0.15) is 18.0 Å². The Hall–Kier alpha value is -5.25. The minimum absolute atomic E-state index is 0.0834. The highest BCUT2D eigenvalue weighted by molar-refractivity contribution is 5.97. The summed E-state index contributed by atoms with van der Waals surface area (Å²) in [5, 5.41) is 18.7. The summed E-state index contributed by atoms with van der Waals surface area (Å²) in [7, 11) is 0. The maximum absolute atomic E-state index is 13.9. The van der Waals surface area contributed by atoms with Crippen LogP contribution in [0.1, 0.15) is 35.2 Å². The molecule has 0 bridgehead atoms. The van der Waals surface area contributed by atoms with Crippen LogP contribution < -0.4 is 21.9 Å². The third kappa shape index (κ3) is 5.16. The molecule has 224 valence electrons. The van der Waals surface area contributed by atoms with Crippen molar-refractivity contribution >= 4 is 28.9 Å². The third-order valence-electron chi connectivity index (χ3n) is 7.55. The van der Waals surface area contributed by atoms with Crippen molar-refractivity contribution in [1.29, 1.82) is 0 Å². The van der Waals surface area contributed by atoms with Crippen LogP contribution in [-0.2, 0) is 22.5 Å². The number of H-pyrrole nitrogens is 1. The van der Waals surface area contributed by atoms with Crippen molar-refractivity contribution in [2.24, 2.45) is 5.73 Å². The summed E-state index contributed by atoms with van der Waals surface area (Å²) >= 11 is 0. The van der Waals surface area contributed by atoms with Crippen LogP contribution in [0, 0.1) is 0 Å². The van der Waals surface area contributed by atoms with Crippen molar-refractivity contribution in [3.63, 3.8) is 0 Å². The Morgan fingerprint density at radius 3 is 2.58 bits per heavy atom. The molecule has 4 N–H and O–H groups in total. The first-order chi connectivity index (χ1) is 20.7. The molecule has 16 nitrogen and oxygen atoms in total. The number of hydrogen-bond donors (Lipinski definition) is 3. The standard InChI is InChI=1S/C27H29N9O7/c1-2-18-21(25(40)36-26(35(18)14-20(28)38)29-22(31-36)15-5-11-42-12-6-15)33-7-9-34(10-8-33)24(39)17-4-3-16(13-19(17)37)23-30-27(41)43-32-23/h3-5,13,37H,2,6-12,14H2,1H3,(H2,28,38)(H,30,32,41). The van der Waals surface area contributed by atoms with Gasteiger partial charge in [-0.15, -0.1) is 5.10 Å². The SMILES string of the molecule is CCc1c(N2CCN(C(=O)c3ccc(-c4noc(=O)[nH]4)cc3O)CC2)c(=O)n2nc(C3=CCOCC3)nc2n1CC(N)=O. The molecule has 1 fully saturated rings. The molecule has 0 atom stereocenters. The first kappa shape index (κ1) is 27.9. The van der Waals surface area contributed by atoms with E-state index in [9.17, 15) is 24.3 Å². The molecule has 1 aromatic carbocycles. The molecule has 0 unspecified atom stereocenters. The highest BCUT2D eigenvalue weighted by atomic mass is 16.5. The van der Waals surface area contributed by atoms with Gasteiger partial charge in [-0.2, -0.15) is 9.50 Å². The fraction of sp³-hybridized carbons (Fsp3) is 0.370. The number of aromatic amines is 1. The zero-order valence-electron chi connectivity index (χ0n) is 23.3. The molecule has 2 amide bonds. The number of fused-ring (bicyclic) bond motifs is 1. The number of phenolic OH excluding ortho intramolecular Hbond substituents is 1. The van der Waals surface area contributed by atoms with Crippen molar-refractivity contribution in [2.45, 2.75) is 26.3 Å². The maximum Gasteiger partial charge on any atom is 0.439 e. The summed E-state index contributed by atoms with van der Waals surface area (Å²) in [6, 6.07) is 4.32. The lowest BCUT2D eigenvalue weighted by Crippen LogP contribution is -2.51. The smallest absolute Gasteiger partial charge is 0.439 e. The van der Waals surface area contributed by atoms with Crippen LogP contribution in [0.3, 0.4) is 0 Å². The van der Waals surface area contributed by atoms with E-state index in [-0.39, 0.29) is 54.0 Å². The predicted octanol–water partition coefficient (Wildman–Crippen LogP) is -0.246. The first-order valence-corrected chi connectivity index (χ1v) is 13.8. The van der Waals surface area contributed by atoms with Crippen molar-refractivity contribution in [3.8, 4) is 17.1 Å². The molecule has 43 heavy (non-hydrogen) atoms. The van der Waals surface area contributed by atoms with E-state index >= 15 is 0 Å². The van der Waals surface area contributed by atoms with Gasteiger partial charge in [-0.25, -0.2) is 4.79 Å². The van der Waals surface area contributed by atoms with Gasteiger partial charge < -0.3 is 29.9 Å². The zero-order valence-corrected chi connectivity index (χ0v) is 23.3. The highest BCUT2D eigenvalue weighted by Gasteiger charge is 2.30. The number of carbonyl (C=O) groups excluding carboxylic acids is 2. The molecular formula is C27H29N9O7. The molecule has 6 rings (SSSR count). The number of nitrogens with zero attached hydrogens (tertiary/aromatic N) is 7. The zero-order chi connectivity index (χ0) is 30.2. The lowest BCUT2D eigenvalue weighted by atomic mass is 10.1. The van der Waals surface area contributed by atoms with E-state index in [1.54, 1.807) is 15.5 Å². The quantitative estimate of drug-likeness (QED) is 0.255. The number of nitrogens with two attached hydrogens (primary N) is 1. The van der Waals surface area contributed by atoms with Crippen LogP contribution in [0.4, 0.5) is 5.69 Å². The average Bonchev–Trinajstić information content (AvgIpc) is 3.66. The Kier molecular flexibility index (Phi) is 7.27. The van der Waals surface area contributed by atoms with Gasteiger partial charge >= 0.3 is 5.76 Å². The number of amides is 2. The molecule has 0 spiro atoms. The number of nitrogens with one attached hydrogen (secondary N) is 1. The van der Waals surface area contributed by atoms with Gasteiger partial charge in [-0.1, -0.05) is 24.2 Å². The number of ether oxygens (including phenoxy) is 1. The Balaban J connectivity index is 1.28. The van der Waals surface area contributed by atoms with Crippen LogP contribution >= 0.6 is 0 Å². The van der Waals surface area contributed by atoms with E-state index in [4.69, 9.17) is 10.5 Å². The fourth-order valence-corrected chi connectivity index (χ4v) is 5.47. The summed E-state index contributed by atoms with van der Waals surface area (Å²) in [4.78, 5) is 61.0. The maximum atomic E-state index is 13.9. The summed E-state index contributed by atoms with van der Waals surface area (Å²) in [5.41, 5.74) is 7.50. The van der Waals surface area contributed by atoms with Gasteiger partial charge in [0.15, 0.2) is 11.6 Å². The number of primary amides is 1. The molecule has 4 aromatic rings. The monoisotopic (exact) mass is 591 g/mol. The minimum Gasteiger partial charge on any atom is -0.507 e. The van der Waals surface area contributed by atoms with E-state index < -0.39 is 11.7 Å². The first-order valence-electron chi connectivity index (χ1n) is 13.8. The fourth-order valence-electron chi connectivity index (χ4n) is 5.47. The van der Waals surface area contributed by atoms with Gasteiger partial charge in [0.2, 0.25) is 11.7 Å². The molecule has 3 aromatic heterocycles. The third-order valence-corrected chi connectivity index (χ3v) is 7.55. The lowest BCUT2D eigenvalue weighted by Gasteiger charge is -2.37. The average molecular weight is 592 g/mol. The Labute approximate surface area is 243 Å². The van der Waals surface area contributed by atoms with Crippen LogP contribution in [0.25, 0.3) is 22.7 Å². The number of aromatic nitrogens is 6. The number of aromatic hydroxyl groups is 1. The molecular weight excluding hydrogens is 562 g/mol. The summed E-state index contributed by atoms with van der Waals surface area (Å²) in [6.45, 7) is 3.81. The van der Waals surface area contributed by atoms with E-state index in [1.807, 2.05) is 17.9 Å². The van der Waals surface area contributed by atoms with Gasteiger partial charge in [0.25, 0.3) is 11.5 Å². The van der Waals surface area contributed by atoms with E-state index in [2.05, 4.69) is 24.7 Å². The molecule has 1 saturated heterocycles. The van der Waals surface area contributed by atoms with Crippen molar-refractivity contribution < 1.29 is 24.0 Å². The molecule has 0 aliphatic carbocycles. The van der Waals surface area contributed by atoms with Crippen molar-refractivity contribution in [3.05, 3.63) is 62.3 Å². The number of benzene rings is 1. The van der Waals surface area contributed by atoms with E-state index in [0.717, 1.165) is 5.57 Å². The van der Waals surface area contributed by atoms with Crippen molar-refractivity contribution in [2.75, 3.05) is 44.3 Å². The van der Waals surface area contributed by atoms with Gasteiger partial charge in [0.05, 0.1) is 24.5 Å². The van der Waals surface area contributed by atoms with E-state index in [1.165, 1.54) is 16.6 Å². The van der Waals surface area contributed by atoms with Crippen molar-refractivity contribution in [1.82, 2.24) is 34.2 Å². The molecule has 16 heteroatoms. The molecule has 2 aliphatic rings. The second kappa shape index (κ2) is 11.2. The number of hydrogen-bond acceptors (Lipinski definition) is 11. The van der Waals surface area contributed by atoms with Crippen LogP contribution in [0.5, 0.6) is 5.75 Å². The molecule has 0 radical (unpaired) electrons. The Morgan fingerprint density at radius 1 is 1.16 bits per heavy atom. The summed E-state index contributed by atoms with van der Waals surface area (Å²) in [5.74, 6) is -1.23. The van der Waals surface area contributed by atoms with Crippen LogP contribution in [0.2, 0.25) is 0 Å². The summed E-state index contributed by atoms with van der Waals surface area (Å²) in [6.07, 6.45) is 2.89. The van der Waals surface area contributed by atoms with Gasteiger partial charge in [0, 0.05) is 31.7 Å².